The maximum atomic E-state index is 12.2. The molecule has 2 atom stereocenters. The van der Waals surface area contributed by atoms with Crippen molar-refractivity contribution in [3.8, 4) is 0 Å². The van der Waals surface area contributed by atoms with Crippen LogP contribution in [0.2, 0.25) is 0 Å². The number of nitrogens with one attached hydrogen (secondary N) is 2. The van der Waals surface area contributed by atoms with E-state index in [0.717, 1.165) is 30.6 Å². The molecule has 0 spiro atoms. The van der Waals surface area contributed by atoms with Gasteiger partial charge in [0.2, 0.25) is 5.91 Å². The van der Waals surface area contributed by atoms with Gasteiger partial charge in [-0.3, -0.25) is 4.79 Å². The van der Waals surface area contributed by atoms with E-state index in [1.54, 1.807) is 0 Å². The predicted octanol–water partition coefficient (Wildman–Crippen LogP) is 2.63. The fourth-order valence-electron chi connectivity index (χ4n) is 2.56. The second kappa shape index (κ2) is 5.53. The predicted molar refractivity (Wildman–Crippen MR) is 74.7 cm³/mol. The lowest BCUT2D eigenvalue weighted by atomic mass is 9.92. The molecule has 1 aromatic carbocycles. The summed E-state index contributed by atoms with van der Waals surface area (Å²) >= 11 is 0. The number of amides is 1. The average Bonchev–Trinajstić information content (AvgIpc) is 2.33. The molecule has 0 saturated carbocycles. The second-order valence-corrected chi connectivity index (χ2v) is 5.36. The van der Waals surface area contributed by atoms with Crippen LogP contribution in [0, 0.1) is 19.8 Å². The summed E-state index contributed by atoms with van der Waals surface area (Å²) in [5.74, 6) is 0.499. The van der Waals surface area contributed by atoms with Gasteiger partial charge in [-0.1, -0.05) is 24.6 Å². The highest BCUT2D eigenvalue weighted by Gasteiger charge is 2.27. The number of hydrogen-bond donors (Lipinski definition) is 2. The first-order valence-electron chi connectivity index (χ1n) is 6.69. The molecule has 1 aromatic rings. The third-order valence-corrected chi connectivity index (χ3v) is 3.69. The number of carbonyl (C=O) groups is 1. The van der Waals surface area contributed by atoms with Crippen molar-refractivity contribution in [1.29, 1.82) is 0 Å². The minimum Gasteiger partial charge on any atom is -0.324 e. The molecule has 1 saturated heterocycles. The van der Waals surface area contributed by atoms with Crippen LogP contribution in [0.1, 0.15) is 30.9 Å². The van der Waals surface area contributed by atoms with E-state index in [9.17, 15) is 4.79 Å². The lowest BCUT2D eigenvalue weighted by Gasteiger charge is -2.29. The van der Waals surface area contributed by atoms with Crippen LogP contribution >= 0.6 is 0 Å². The summed E-state index contributed by atoms with van der Waals surface area (Å²) in [6.45, 7) is 7.16. The van der Waals surface area contributed by atoms with Crippen molar-refractivity contribution >= 4 is 11.6 Å². The van der Waals surface area contributed by atoms with E-state index in [4.69, 9.17) is 0 Å². The SMILES string of the molecule is Cc1ccc(NC(=O)C2NCCCC2C)c(C)c1. The molecule has 1 aliphatic heterocycles. The summed E-state index contributed by atoms with van der Waals surface area (Å²) in [5.41, 5.74) is 3.26. The minimum atomic E-state index is -0.0561. The summed E-state index contributed by atoms with van der Waals surface area (Å²) in [6.07, 6.45) is 2.28. The number of hydrogen-bond acceptors (Lipinski definition) is 2. The topological polar surface area (TPSA) is 41.1 Å². The summed E-state index contributed by atoms with van der Waals surface area (Å²) in [7, 11) is 0. The van der Waals surface area contributed by atoms with Crippen molar-refractivity contribution in [2.45, 2.75) is 39.7 Å². The van der Waals surface area contributed by atoms with Crippen molar-refractivity contribution < 1.29 is 4.79 Å². The first kappa shape index (κ1) is 13.1. The fraction of sp³-hybridized carbons (Fsp3) is 0.533. The van der Waals surface area contributed by atoms with E-state index in [1.165, 1.54) is 5.56 Å². The largest absolute Gasteiger partial charge is 0.324 e. The lowest BCUT2D eigenvalue weighted by Crippen LogP contribution is -2.48. The standard InChI is InChI=1S/C15H22N2O/c1-10-6-7-13(12(3)9-10)17-15(18)14-11(2)5-4-8-16-14/h6-7,9,11,14,16H,4-5,8H2,1-3H3,(H,17,18). The molecule has 0 bridgehead atoms. The van der Waals surface area contributed by atoms with Crippen LogP contribution in [0.3, 0.4) is 0 Å². The van der Waals surface area contributed by atoms with Gasteiger partial charge in [0.15, 0.2) is 0 Å². The zero-order valence-corrected chi connectivity index (χ0v) is 11.4. The molecule has 98 valence electrons. The number of piperidine rings is 1. The van der Waals surface area contributed by atoms with Gasteiger partial charge in [0, 0.05) is 5.69 Å². The first-order chi connectivity index (χ1) is 8.58. The summed E-state index contributed by atoms with van der Waals surface area (Å²) < 4.78 is 0. The number of rotatable bonds is 2. The average molecular weight is 246 g/mol. The third-order valence-electron chi connectivity index (χ3n) is 3.69. The van der Waals surface area contributed by atoms with Gasteiger partial charge in [-0.25, -0.2) is 0 Å². The van der Waals surface area contributed by atoms with E-state index < -0.39 is 0 Å². The van der Waals surface area contributed by atoms with Gasteiger partial charge in [-0.05, 0) is 50.8 Å². The van der Waals surface area contributed by atoms with E-state index in [2.05, 4.69) is 30.5 Å². The van der Waals surface area contributed by atoms with Crippen LogP contribution in [0.4, 0.5) is 5.69 Å². The van der Waals surface area contributed by atoms with E-state index >= 15 is 0 Å². The van der Waals surface area contributed by atoms with Crippen molar-refractivity contribution in [3.63, 3.8) is 0 Å². The zero-order valence-electron chi connectivity index (χ0n) is 11.4. The first-order valence-corrected chi connectivity index (χ1v) is 6.69. The quantitative estimate of drug-likeness (QED) is 0.842. The maximum Gasteiger partial charge on any atom is 0.241 e. The molecule has 0 aliphatic carbocycles. The molecule has 2 N–H and O–H groups in total. The summed E-state index contributed by atoms with van der Waals surface area (Å²) in [5, 5.41) is 6.34. The molecule has 3 heteroatoms. The molecule has 2 unspecified atom stereocenters. The van der Waals surface area contributed by atoms with Crippen LogP contribution in [-0.2, 0) is 4.79 Å². The van der Waals surface area contributed by atoms with Crippen LogP contribution in [0.5, 0.6) is 0 Å². The molecular formula is C15H22N2O. The van der Waals surface area contributed by atoms with Gasteiger partial charge in [-0.2, -0.15) is 0 Å². The van der Waals surface area contributed by atoms with Gasteiger partial charge >= 0.3 is 0 Å². The van der Waals surface area contributed by atoms with Crippen LogP contribution in [-0.4, -0.2) is 18.5 Å². The molecule has 3 nitrogen and oxygen atoms in total. The molecule has 18 heavy (non-hydrogen) atoms. The summed E-state index contributed by atoms with van der Waals surface area (Å²) in [6, 6.07) is 6.04. The maximum absolute atomic E-state index is 12.2. The van der Waals surface area contributed by atoms with Crippen LogP contribution in [0.15, 0.2) is 18.2 Å². The monoisotopic (exact) mass is 246 g/mol. The fourth-order valence-corrected chi connectivity index (χ4v) is 2.56. The molecule has 0 radical (unpaired) electrons. The van der Waals surface area contributed by atoms with Crippen molar-refractivity contribution in [2.75, 3.05) is 11.9 Å². The Morgan fingerprint density at radius 1 is 1.39 bits per heavy atom. The Balaban J connectivity index is 2.06. The number of benzene rings is 1. The van der Waals surface area contributed by atoms with Gasteiger partial charge in [-0.15, -0.1) is 0 Å². The minimum absolute atomic E-state index is 0.0561. The Bertz CT molecular complexity index is 442. The Kier molecular flexibility index (Phi) is 4.02. The van der Waals surface area contributed by atoms with Gasteiger partial charge in [0.1, 0.15) is 0 Å². The Morgan fingerprint density at radius 3 is 2.83 bits per heavy atom. The van der Waals surface area contributed by atoms with Gasteiger partial charge in [0.05, 0.1) is 6.04 Å². The van der Waals surface area contributed by atoms with Crippen molar-refractivity contribution in [2.24, 2.45) is 5.92 Å². The van der Waals surface area contributed by atoms with Crippen molar-refractivity contribution in [1.82, 2.24) is 5.32 Å². The lowest BCUT2D eigenvalue weighted by molar-refractivity contribution is -0.119. The molecule has 2 rings (SSSR count). The van der Waals surface area contributed by atoms with Crippen LogP contribution in [0.25, 0.3) is 0 Å². The second-order valence-electron chi connectivity index (χ2n) is 5.36. The third kappa shape index (κ3) is 2.91. The zero-order chi connectivity index (χ0) is 13.1. The molecule has 1 heterocycles. The molecule has 0 aromatic heterocycles. The van der Waals surface area contributed by atoms with E-state index in [-0.39, 0.29) is 11.9 Å². The van der Waals surface area contributed by atoms with Crippen molar-refractivity contribution in [3.05, 3.63) is 29.3 Å². The van der Waals surface area contributed by atoms with Gasteiger partial charge in [0.25, 0.3) is 0 Å². The molecular weight excluding hydrogens is 224 g/mol. The van der Waals surface area contributed by atoms with Crippen LogP contribution < -0.4 is 10.6 Å². The number of aryl methyl sites for hydroxylation is 2. The normalized spacial score (nSPS) is 23.7. The van der Waals surface area contributed by atoms with E-state index in [1.807, 2.05) is 19.1 Å². The molecule has 1 fully saturated rings. The highest BCUT2D eigenvalue weighted by atomic mass is 16.2. The Labute approximate surface area is 109 Å². The highest BCUT2D eigenvalue weighted by Crippen LogP contribution is 2.20. The highest BCUT2D eigenvalue weighted by molar-refractivity contribution is 5.95. The Hall–Kier alpha value is -1.35. The smallest absolute Gasteiger partial charge is 0.241 e. The van der Waals surface area contributed by atoms with Gasteiger partial charge < -0.3 is 10.6 Å². The number of anilines is 1. The molecule has 1 amide bonds. The number of carbonyl (C=O) groups excluding carboxylic acids is 1. The summed E-state index contributed by atoms with van der Waals surface area (Å²) in [4.78, 5) is 12.2. The molecule has 1 aliphatic rings. The Morgan fingerprint density at radius 2 is 2.17 bits per heavy atom. The van der Waals surface area contributed by atoms with E-state index in [0.29, 0.717) is 5.92 Å².